The topological polar surface area (TPSA) is 17.1 Å². The molecule has 0 bridgehead atoms. The molecule has 4 heteroatoms. The second-order valence-electron chi connectivity index (χ2n) is 3.15. The molecular weight excluding hydrogens is 260 g/mol. The average Bonchev–Trinajstić information content (AvgIpc) is 2.29. The van der Waals surface area contributed by atoms with E-state index in [2.05, 4.69) is 0 Å². The van der Waals surface area contributed by atoms with Crippen molar-refractivity contribution in [1.82, 2.24) is 0 Å². The largest absolute Gasteiger partial charge is 0.289 e. The van der Waals surface area contributed by atoms with E-state index >= 15 is 0 Å². The molecule has 0 aromatic heterocycles. The Morgan fingerprint density at radius 2 is 1.94 bits per heavy atom. The van der Waals surface area contributed by atoms with Crippen LogP contribution in [0, 0.1) is 0 Å². The number of benzene rings is 1. The zero-order valence-electron chi connectivity index (χ0n) is 9.20. The van der Waals surface area contributed by atoms with Crippen LogP contribution in [-0.2, 0) is 0 Å². The first kappa shape index (κ1) is 13.7. The molecule has 0 unspecified atom stereocenters. The standard InChI is InChI=1S/C12H13ClOS2/c1-15-7-10(8-16-2)12(14)9-3-5-11(13)6-4-9/h3-7H,8H2,1-2H3/b10-7+. The molecule has 1 rings (SSSR count). The van der Waals surface area contributed by atoms with Crippen molar-refractivity contribution in [2.75, 3.05) is 18.3 Å². The first-order chi connectivity index (χ1) is 7.69. The monoisotopic (exact) mass is 272 g/mol. The molecule has 0 N–H and O–H groups in total. The number of carbonyl (C=O) groups is 1. The second-order valence-corrected chi connectivity index (χ2v) is 5.16. The van der Waals surface area contributed by atoms with E-state index in [0.717, 1.165) is 11.3 Å². The molecule has 86 valence electrons. The fourth-order valence-electron chi connectivity index (χ4n) is 1.24. The molecule has 1 nitrogen and oxygen atoms in total. The van der Waals surface area contributed by atoms with Gasteiger partial charge in [-0.25, -0.2) is 0 Å². The second kappa shape index (κ2) is 7.05. The molecule has 16 heavy (non-hydrogen) atoms. The predicted molar refractivity (Wildman–Crippen MR) is 75.8 cm³/mol. The minimum absolute atomic E-state index is 0.0837. The molecular formula is C12H13ClOS2. The predicted octanol–water partition coefficient (Wildman–Crippen LogP) is 4.13. The quantitative estimate of drug-likeness (QED) is 0.593. The maximum absolute atomic E-state index is 12.1. The van der Waals surface area contributed by atoms with Crippen molar-refractivity contribution in [3.8, 4) is 0 Å². The van der Waals surface area contributed by atoms with Gasteiger partial charge < -0.3 is 0 Å². The van der Waals surface area contributed by atoms with Crippen LogP contribution in [0.25, 0.3) is 0 Å². The summed E-state index contributed by atoms with van der Waals surface area (Å²) in [6, 6.07) is 7.01. The molecule has 1 aromatic rings. The van der Waals surface area contributed by atoms with Gasteiger partial charge in [0.15, 0.2) is 5.78 Å². The Balaban J connectivity index is 2.90. The third-order valence-electron chi connectivity index (χ3n) is 1.96. The minimum Gasteiger partial charge on any atom is -0.289 e. The number of hydrogen-bond acceptors (Lipinski definition) is 3. The van der Waals surface area contributed by atoms with E-state index in [-0.39, 0.29) is 5.78 Å². The van der Waals surface area contributed by atoms with E-state index in [4.69, 9.17) is 11.6 Å². The minimum atomic E-state index is 0.0837. The maximum atomic E-state index is 12.1. The lowest BCUT2D eigenvalue weighted by atomic mass is 10.1. The Morgan fingerprint density at radius 3 is 2.44 bits per heavy atom. The number of rotatable bonds is 5. The van der Waals surface area contributed by atoms with Crippen LogP contribution in [-0.4, -0.2) is 24.0 Å². The Morgan fingerprint density at radius 1 is 1.31 bits per heavy atom. The van der Waals surface area contributed by atoms with Crippen LogP contribution >= 0.6 is 35.1 Å². The first-order valence-electron chi connectivity index (χ1n) is 4.70. The van der Waals surface area contributed by atoms with Crippen molar-refractivity contribution in [2.24, 2.45) is 0 Å². The molecule has 0 fully saturated rings. The highest BCUT2D eigenvalue weighted by Gasteiger charge is 2.11. The van der Waals surface area contributed by atoms with Gasteiger partial charge in [0.2, 0.25) is 0 Å². The van der Waals surface area contributed by atoms with Crippen LogP contribution in [0.15, 0.2) is 35.2 Å². The lowest BCUT2D eigenvalue weighted by Crippen LogP contribution is -2.05. The summed E-state index contributed by atoms with van der Waals surface area (Å²) in [6.45, 7) is 0. The summed E-state index contributed by atoms with van der Waals surface area (Å²) >= 11 is 8.98. The summed E-state index contributed by atoms with van der Waals surface area (Å²) < 4.78 is 0. The maximum Gasteiger partial charge on any atom is 0.190 e. The SMILES string of the molecule is CS/C=C(\CSC)C(=O)c1ccc(Cl)cc1. The van der Waals surface area contributed by atoms with Gasteiger partial charge in [-0.2, -0.15) is 11.8 Å². The van der Waals surface area contributed by atoms with Crippen molar-refractivity contribution in [1.29, 1.82) is 0 Å². The van der Waals surface area contributed by atoms with Crippen molar-refractivity contribution >= 4 is 40.9 Å². The van der Waals surface area contributed by atoms with Gasteiger partial charge in [-0.3, -0.25) is 4.79 Å². The van der Waals surface area contributed by atoms with Crippen molar-refractivity contribution in [2.45, 2.75) is 0 Å². The van der Waals surface area contributed by atoms with E-state index in [9.17, 15) is 4.79 Å². The molecule has 0 aliphatic heterocycles. The Hall–Kier alpha value is -0.380. The van der Waals surface area contributed by atoms with Crippen molar-refractivity contribution in [3.05, 3.63) is 45.8 Å². The van der Waals surface area contributed by atoms with Gasteiger partial charge in [0, 0.05) is 21.9 Å². The number of Topliss-reactive ketones (excluding diaryl/α,β-unsaturated/α-hetero) is 1. The average molecular weight is 273 g/mol. The molecule has 0 amide bonds. The summed E-state index contributed by atoms with van der Waals surface area (Å²) in [5.74, 6) is 0.822. The number of ketones is 1. The molecule has 0 heterocycles. The molecule has 0 saturated carbocycles. The van der Waals surface area contributed by atoms with Gasteiger partial charge in [0.25, 0.3) is 0 Å². The van der Waals surface area contributed by atoms with Gasteiger partial charge >= 0.3 is 0 Å². The highest BCUT2D eigenvalue weighted by atomic mass is 35.5. The summed E-state index contributed by atoms with van der Waals surface area (Å²) in [5, 5.41) is 2.56. The zero-order chi connectivity index (χ0) is 12.0. The molecule has 0 aliphatic carbocycles. The molecule has 0 atom stereocenters. The molecule has 0 saturated heterocycles. The van der Waals surface area contributed by atoms with Gasteiger partial charge in [0.1, 0.15) is 0 Å². The molecule has 0 spiro atoms. The van der Waals surface area contributed by atoms with E-state index in [1.165, 1.54) is 0 Å². The zero-order valence-corrected chi connectivity index (χ0v) is 11.6. The van der Waals surface area contributed by atoms with Gasteiger partial charge in [0.05, 0.1) is 0 Å². The lowest BCUT2D eigenvalue weighted by molar-refractivity contribution is 0.103. The summed E-state index contributed by atoms with van der Waals surface area (Å²) in [4.78, 5) is 12.1. The van der Waals surface area contributed by atoms with Crippen LogP contribution in [0.5, 0.6) is 0 Å². The van der Waals surface area contributed by atoms with Crippen LogP contribution in [0.2, 0.25) is 5.02 Å². The van der Waals surface area contributed by atoms with E-state index in [1.54, 1.807) is 47.8 Å². The van der Waals surface area contributed by atoms with E-state index < -0.39 is 0 Å². The van der Waals surface area contributed by atoms with Gasteiger partial charge in [-0.1, -0.05) is 11.6 Å². The van der Waals surface area contributed by atoms with Crippen LogP contribution in [0.3, 0.4) is 0 Å². The Labute approximate surface area is 110 Å². The Kier molecular flexibility index (Phi) is 6.03. The van der Waals surface area contributed by atoms with Gasteiger partial charge in [-0.15, -0.1) is 11.8 Å². The van der Waals surface area contributed by atoms with Crippen LogP contribution in [0.1, 0.15) is 10.4 Å². The number of hydrogen-bond donors (Lipinski definition) is 0. The van der Waals surface area contributed by atoms with Gasteiger partial charge in [-0.05, 0) is 42.2 Å². The van der Waals surface area contributed by atoms with Crippen LogP contribution in [0.4, 0.5) is 0 Å². The summed E-state index contributed by atoms with van der Waals surface area (Å²) in [5.41, 5.74) is 1.53. The number of thioether (sulfide) groups is 2. The van der Waals surface area contributed by atoms with Crippen LogP contribution < -0.4 is 0 Å². The number of halogens is 1. The molecule has 1 aromatic carbocycles. The van der Waals surface area contributed by atoms with E-state index in [0.29, 0.717) is 10.6 Å². The van der Waals surface area contributed by atoms with E-state index in [1.807, 2.05) is 17.9 Å². The summed E-state index contributed by atoms with van der Waals surface area (Å²) in [7, 11) is 0. The smallest absolute Gasteiger partial charge is 0.190 e. The fourth-order valence-corrected chi connectivity index (χ4v) is 2.47. The highest BCUT2D eigenvalue weighted by Crippen LogP contribution is 2.17. The number of carbonyl (C=O) groups excluding carboxylic acids is 1. The highest BCUT2D eigenvalue weighted by molar-refractivity contribution is 8.01. The van der Waals surface area contributed by atoms with Crippen molar-refractivity contribution < 1.29 is 4.79 Å². The fraction of sp³-hybridized carbons (Fsp3) is 0.250. The molecule has 0 aliphatic rings. The summed E-state index contributed by atoms with van der Waals surface area (Å²) in [6.07, 6.45) is 3.94. The Bertz CT molecular complexity index is 385. The first-order valence-corrected chi connectivity index (χ1v) is 7.76. The van der Waals surface area contributed by atoms with Crippen molar-refractivity contribution in [3.63, 3.8) is 0 Å². The lowest BCUT2D eigenvalue weighted by Gasteiger charge is -2.04. The normalized spacial score (nSPS) is 11.6. The third-order valence-corrected chi connectivity index (χ3v) is 3.33. The third kappa shape index (κ3) is 3.89. The molecule has 0 radical (unpaired) electrons.